The summed E-state index contributed by atoms with van der Waals surface area (Å²) in [5, 5.41) is 9.53. The summed E-state index contributed by atoms with van der Waals surface area (Å²) in [7, 11) is 4.66. The molecule has 0 bridgehead atoms. The standard InChI is InChI=1S/C21H18N2O4/c1-25-14-6-4-5-13(9-14)19-11-16(18(12-22)21(24)23-19)17-10-15(26-2)7-8-20(17)27-3/h4-11H,1-3H3,(H,23,24). The van der Waals surface area contributed by atoms with Crippen LogP contribution in [0.15, 0.2) is 53.3 Å². The minimum Gasteiger partial charge on any atom is -0.497 e. The molecule has 0 amide bonds. The zero-order chi connectivity index (χ0) is 19.4. The first kappa shape index (κ1) is 18.1. The van der Waals surface area contributed by atoms with E-state index in [4.69, 9.17) is 14.2 Å². The first-order valence-corrected chi connectivity index (χ1v) is 8.15. The van der Waals surface area contributed by atoms with Crippen LogP contribution in [0.5, 0.6) is 17.2 Å². The average molecular weight is 362 g/mol. The van der Waals surface area contributed by atoms with Gasteiger partial charge in [-0.25, -0.2) is 0 Å². The van der Waals surface area contributed by atoms with Crippen LogP contribution >= 0.6 is 0 Å². The Morgan fingerprint density at radius 3 is 2.30 bits per heavy atom. The molecule has 0 aliphatic rings. The number of aromatic amines is 1. The van der Waals surface area contributed by atoms with Crippen molar-refractivity contribution >= 4 is 0 Å². The maximum Gasteiger partial charge on any atom is 0.266 e. The number of nitrogens with one attached hydrogen (secondary N) is 1. The largest absolute Gasteiger partial charge is 0.497 e. The van der Waals surface area contributed by atoms with Crippen molar-refractivity contribution in [1.82, 2.24) is 4.98 Å². The van der Waals surface area contributed by atoms with Crippen LogP contribution < -0.4 is 19.8 Å². The van der Waals surface area contributed by atoms with E-state index in [0.29, 0.717) is 34.1 Å². The minimum absolute atomic E-state index is 0.00759. The van der Waals surface area contributed by atoms with Crippen molar-refractivity contribution < 1.29 is 14.2 Å². The Morgan fingerprint density at radius 1 is 0.889 bits per heavy atom. The summed E-state index contributed by atoms with van der Waals surface area (Å²) in [5.74, 6) is 1.80. The number of H-pyrrole nitrogens is 1. The highest BCUT2D eigenvalue weighted by Gasteiger charge is 2.17. The maximum atomic E-state index is 12.6. The number of hydrogen-bond donors (Lipinski definition) is 1. The van der Waals surface area contributed by atoms with Gasteiger partial charge in [0.1, 0.15) is 28.9 Å². The molecule has 3 aromatic rings. The van der Waals surface area contributed by atoms with E-state index < -0.39 is 5.56 Å². The lowest BCUT2D eigenvalue weighted by Crippen LogP contribution is -2.13. The fraction of sp³-hybridized carbons (Fsp3) is 0.143. The highest BCUT2D eigenvalue weighted by molar-refractivity contribution is 5.80. The van der Waals surface area contributed by atoms with Gasteiger partial charge in [0.05, 0.1) is 21.3 Å². The molecule has 0 saturated carbocycles. The number of ether oxygens (including phenoxy) is 3. The van der Waals surface area contributed by atoms with Crippen molar-refractivity contribution in [3.05, 3.63) is 64.4 Å². The molecule has 1 heterocycles. The van der Waals surface area contributed by atoms with Crippen LogP contribution in [0.2, 0.25) is 0 Å². The van der Waals surface area contributed by atoms with Gasteiger partial charge in [-0.05, 0) is 36.4 Å². The monoisotopic (exact) mass is 362 g/mol. The minimum atomic E-state index is -0.474. The van der Waals surface area contributed by atoms with Crippen LogP contribution in [0.1, 0.15) is 5.56 Å². The van der Waals surface area contributed by atoms with E-state index in [-0.39, 0.29) is 5.56 Å². The summed E-state index contributed by atoms with van der Waals surface area (Å²) >= 11 is 0. The van der Waals surface area contributed by atoms with Crippen molar-refractivity contribution in [3.8, 4) is 45.7 Å². The number of hydrogen-bond acceptors (Lipinski definition) is 5. The Kier molecular flexibility index (Phi) is 5.13. The lowest BCUT2D eigenvalue weighted by atomic mass is 9.98. The van der Waals surface area contributed by atoms with Gasteiger partial charge in [-0.2, -0.15) is 5.26 Å². The molecule has 0 saturated heterocycles. The van der Waals surface area contributed by atoms with Gasteiger partial charge in [-0.3, -0.25) is 4.79 Å². The summed E-state index contributed by atoms with van der Waals surface area (Å²) in [6, 6.07) is 16.3. The van der Waals surface area contributed by atoms with Crippen LogP contribution in [0.3, 0.4) is 0 Å². The molecular formula is C21H18N2O4. The van der Waals surface area contributed by atoms with Crippen molar-refractivity contribution in [1.29, 1.82) is 5.26 Å². The molecule has 0 aliphatic heterocycles. The van der Waals surface area contributed by atoms with E-state index in [0.717, 1.165) is 5.56 Å². The van der Waals surface area contributed by atoms with Gasteiger partial charge >= 0.3 is 0 Å². The van der Waals surface area contributed by atoms with Crippen LogP contribution in [0.4, 0.5) is 0 Å². The number of rotatable bonds is 5. The van der Waals surface area contributed by atoms with E-state index >= 15 is 0 Å². The molecule has 0 atom stereocenters. The van der Waals surface area contributed by atoms with Crippen molar-refractivity contribution in [2.75, 3.05) is 21.3 Å². The number of methoxy groups -OCH3 is 3. The van der Waals surface area contributed by atoms with Gasteiger partial charge in [0, 0.05) is 22.4 Å². The predicted octanol–water partition coefficient (Wildman–Crippen LogP) is 3.61. The Morgan fingerprint density at radius 2 is 1.63 bits per heavy atom. The fourth-order valence-corrected chi connectivity index (χ4v) is 2.85. The van der Waals surface area contributed by atoms with Gasteiger partial charge in [0.2, 0.25) is 0 Å². The lowest BCUT2D eigenvalue weighted by molar-refractivity contribution is 0.404. The van der Waals surface area contributed by atoms with Crippen LogP contribution in [0.25, 0.3) is 22.4 Å². The molecule has 6 heteroatoms. The number of nitrogens with zero attached hydrogens (tertiary/aromatic N) is 1. The number of nitriles is 1. The summed E-state index contributed by atoms with van der Waals surface area (Å²) < 4.78 is 16.0. The van der Waals surface area contributed by atoms with Crippen molar-refractivity contribution in [2.24, 2.45) is 0 Å². The number of aromatic nitrogens is 1. The van der Waals surface area contributed by atoms with Crippen molar-refractivity contribution in [3.63, 3.8) is 0 Å². The quantitative estimate of drug-likeness (QED) is 0.749. The van der Waals surface area contributed by atoms with Gasteiger partial charge in [-0.1, -0.05) is 12.1 Å². The van der Waals surface area contributed by atoms with Crippen LogP contribution in [0, 0.1) is 11.3 Å². The van der Waals surface area contributed by atoms with E-state index in [1.807, 2.05) is 30.3 Å². The zero-order valence-corrected chi connectivity index (χ0v) is 15.2. The molecule has 3 rings (SSSR count). The molecular weight excluding hydrogens is 344 g/mol. The molecule has 27 heavy (non-hydrogen) atoms. The first-order valence-electron chi connectivity index (χ1n) is 8.15. The summed E-state index contributed by atoms with van der Waals surface area (Å²) in [6.45, 7) is 0. The van der Waals surface area contributed by atoms with Crippen molar-refractivity contribution in [2.45, 2.75) is 0 Å². The Labute approximate surface area is 156 Å². The topological polar surface area (TPSA) is 84.3 Å². The Balaban J connectivity index is 2.29. The van der Waals surface area contributed by atoms with Gasteiger partial charge in [0.25, 0.3) is 5.56 Å². The molecule has 0 unspecified atom stereocenters. The smallest absolute Gasteiger partial charge is 0.266 e. The summed E-state index contributed by atoms with van der Waals surface area (Å²) in [6.07, 6.45) is 0. The Hall–Kier alpha value is -3.72. The second-order valence-electron chi connectivity index (χ2n) is 5.71. The highest BCUT2D eigenvalue weighted by Crippen LogP contribution is 2.36. The van der Waals surface area contributed by atoms with Crippen LogP contribution in [-0.4, -0.2) is 26.3 Å². The molecule has 0 radical (unpaired) electrons. The normalized spacial score (nSPS) is 10.1. The lowest BCUT2D eigenvalue weighted by Gasteiger charge is -2.13. The van der Waals surface area contributed by atoms with Gasteiger partial charge < -0.3 is 19.2 Å². The van der Waals surface area contributed by atoms with E-state index in [1.165, 1.54) is 7.11 Å². The fourth-order valence-electron chi connectivity index (χ4n) is 2.85. The molecule has 0 spiro atoms. The molecule has 2 aromatic carbocycles. The number of benzene rings is 2. The second kappa shape index (κ2) is 7.67. The third-order valence-electron chi connectivity index (χ3n) is 4.22. The first-order chi connectivity index (χ1) is 13.1. The molecule has 0 aliphatic carbocycles. The van der Waals surface area contributed by atoms with E-state index in [2.05, 4.69) is 4.98 Å². The van der Waals surface area contributed by atoms with Gasteiger partial charge in [0.15, 0.2) is 0 Å². The molecule has 136 valence electrons. The van der Waals surface area contributed by atoms with E-state index in [9.17, 15) is 10.1 Å². The molecule has 6 nitrogen and oxygen atoms in total. The number of pyridine rings is 1. The predicted molar refractivity (Wildman–Crippen MR) is 102 cm³/mol. The maximum absolute atomic E-state index is 12.6. The Bertz CT molecular complexity index is 1080. The molecule has 1 N–H and O–H groups in total. The summed E-state index contributed by atoms with van der Waals surface area (Å²) in [5.41, 5.74) is 1.93. The zero-order valence-electron chi connectivity index (χ0n) is 15.2. The van der Waals surface area contributed by atoms with E-state index in [1.54, 1.807) is 38.5 Å². The summed E-state index contributed by atoms with van der Waals surface area (Å²) in [4.78, 5) is 15.3. The molecule has 1 aromatic heterocycles. The van der Waals surface area contributed by atoms with Gasteiger partial charge in [-0.15, -0.1) is 0 Å². The SMILES string of the molecule is COc1cccc(-c2cc(-c3cc(OC)ccc3OC)c(C#N)c(=O)[nH]2)c1. The average Bonchev–Trinajstić information content (AvgIpc) is 2.72. The third kappa shape index (κ3) is 3.48. The molecule has 0 fully saturated rings. The highest BCUT2D eigenvalue weighted by atomic mass is 16.5. The van der Waals surface area contributed by atoms with Crippen LogP contribution in [-0.2, 0) is 0 Å². The second-order valence-corrected chi connectivity index (χ2v) is 5.71. The third-order valence-corrected chi connectivity index (χ3v) is 4.22.